The van der Waals surface area contributed by atoms with Gasteiger partial charge >= 0.3 is 0 Å². The van der Waals surface area contributed by atoms with Crippen molar-refractivity contribution in [2.75, 3.05) is 25.5 Å². The van der Waals surface area contributed by atoms with Crippen molar-refractivity contribution in [2.24, 2.45) is 13.0 Å². The molecule has 6 nitrogen and oxygen atoms in total. The minimum atomic E-state index is 0.140. The maximum atomic E-state index is 12.6. The molecule has 1 aliphatic rings. The Kier molecular flexibility index (Phi) is 5.13. The number of aryl methyl sites for hydroxylation is 1. The van der Waals surface area contributed by atoms with E-state index in [0.29, 0.717) is 5.92 Å². The Labute approximate surface area is 142 Å². The first-order chi connectivity index (χ1) is 11.7. The predicted octanol–water partition coefficient (Wildman–Crippen LogP) is 2.34. The van der Waals surface area contributed by atoms with Crippen molar-refractivity contribution in [1.29, 1.82) is 0 Å². The number of carbonyl (C=O) groups is 1. The number of anilines is 1. The van der Waals surface area contributed by atoms with E-state index < -0.39 is 0 Å². The maximum Gasteiger partial charge on any atom is 0.270 e. The van der Waals surface area contributed by atoms with Gasteiger partial charge in [0.25, 0.3) is 5.91 Å². The van der Waals surface area contributed by atoms with Crippen LogP contribution < -0.4 is 5.32 Å². The third kappa shape index (κ3) is 3.75. The summed E-state index contributed by atoms with van der Waals surface area (Å²) in [4.78, 5) is 23.4. The summed E-state index contributed by atoms with van der Waals surface area (Å²) in [5, 5.41) is 2.98. The second kappa shape index (κ2) is 7.47. The Balaban J connectivity index is 1.58. The number of rotatable bonds is 4. The second-order valence-electron chi connectivity index (χ2n) is 6.44. The van der Waals surface area contributed by atoms with Gasteiger partial charge in [0.2, 0.25) is 0 Å². The summed E-state index contributed by atoms with van der Waals surface area (Å²) < 4.78 is 1.89. The molecule has 0 radical (unpaired) electrons. The lowest BCUT2D eigenvalue weighted by molar-refractivity contribution is 0.0750. The summed E-state index contributed by atoms with van der Waals surface area (Å²) in [5.41, 5.74) is 1.79. The van der Waals surface area contributed by atoms with Gasteiger partial charge in [-0.05, 0) is 43.7 Å². The van der Waals surface area contributed by atoms with Crippen LogP contribution in [0.2, 0.25) is 0 Å². The van der Waals surface area contributed by atoms with E-state index in [1.54, 1.807) is 6.20 Å². The zero-order valence-corrected chi connectivity index (χ0v) is 14.4. The van der Waals surface area contributed by atoms with E-state index >= 15 is 0 Å². The fourth-order valence-electron chi connectivity index (χ4n) is 3.30. The first kappa shape index (κ1) is 16.5. The lowest BCUT2D eigenvalue weighted by Crippen LogP contribution is -2.33. The van der Waals surface area contributed by atoms with Gasteiger partial charge in [-0.25, -0.2) is 4.98 Å². The lowest BCUT2D eigenvalue weighted by Gasteiger charge is -2.21. The first-order valence-corrected chi connectivity index (χ1v) is 8.56. The quantitative estimate of drug-likeness (QED) is 0.936. The Bertz CT molecular complexity index is 679. The minimum Gasteiger partial charge on any atom is -0.372 e. The van der Waals surface area contributed by atoms with E-state index in [1.165, 1.54) is 0 Å². The van der Waals surface area contributed by atoms with Gasteiger partial charge in [0, 0.05) is 33.4 Å². The highest BCUT2D eigenvalue weighted by Crippen LogP contribution is 2.22. The van der Waals surface area contributed by atoms with Crippen LogP contribution in [-0.4, -0.2) is 45.5 Å². The fraction of sp³-hybridized carbons (Fsp3) is 0.500. The number of likely N-dealkylation sites (tertiary alicyclic amines) is 1. The van der Waals surface area contributed by atoms with Gasteiger partial charge < -0.3 is 14.8 Å². The zero-order chi connectivity index (χ0) is 16.9. The van der Waals surface area contributed by atoms with Gasteiger partial charge in [-0.2, -0.15) is 0 Å². The monoisotopic (exact) mass is 327 g/mol. The smallest absolute Gasteiger partial charge is 0.270 e. The highest BCUT2D eigenvalue weighted by Gasteiger charge is 2.23. The normalized spacial score (nSPS) is 18.2. The topological polar surface area (TPSA) is 63.1 Å². The van der Waals surface area contributed by atoms with Crippen molar-refractivity contribution in [3.63, 3.8) is 0 Å². The lowest BCUT2D eigenvalue weighted by atomic mass is 9.95. The summed E-state index contributed by atoms with van der Waals surface area (Å²) in [6, 6.07) is 3.81. The highest BCUT2D eigenvalue weighted by atomic mass is 16.2. The van der Waals surface area contributed by atoms with E-state index in [-0.39, 0.29) is 5.91 Å². The van der Waals surface area contributed by atoms with Crippen molar-refractivity contribution in [3.05, 3.63) is 42.1 Å². The molecule has 0 aliphatic carbocycles. The van der Waals surface area contributed by atoms with Crippen LogP contribution in [0.4, 0.5) is 5.82 Å². The first-order valence-electron chi connectivity index (χ1n) is 8.56. The Morgan fingerprint density at radius 1 is 1.29 bits per heavy atom. The molecule has 1 fully saturated rings. The van der Waals surface area contributed by atoms with Crippen molar-refractivity contribution >= 4 is 11.7 Å². The molecule has 0 spiro atoms. The third-order valence-electron chi connectivity index (χ3n) is 4.76. The predicted molar refractivity (Wildman–Crippen MR) is 93.9 cm³/mol. The second-order valence-corrected chi connectivity index (χ2v) is 6.44. The number of amides is 1. The average Bonchev–Trinajstić information content (AvgIpc) is 2.89. The van der Waals surface area contributed by atoms with Gasteiger partial charge in [0.05, 0.1) is 18.1 Å². The van der Waals surface area contributed by atoms with Crippen LogP contribution in [0.3, 0.4) is 0 Å². The zero-order valence-electron chi connectivity index (χ0n) is 14.4. The summed E-state index contributed by atoms with van der Waals surface area (Å²) in [6.45, 7) is 1.65. The summed E-state index contributed by atoms with van der Waals surface area (Å²) in [5.74, 6) is 1.49. The van der Waals surface area contributed by atoms with E-state index in [9.17, 15) is 4.79 Å². The van der Waals surface area contributed by atoms with Gasteiger partial charge in [-0.3, -0.25) is 9.78 Å². The average molecular weight is 327 g/mol. The number of hydrogen-bond donors (Lipinski definition) is 1. The van der Waals surface area contributed by atoms with Crippen molar-refractivity contribution in [2.45, 2.75) is 25.7 Å². The molecule has 6 heteroatoms. The molecule has 2 aromatic heterocycles. The molecule has 3 heterocycles. The molecule has 128 valence electrons. The molecule has 0 aromatic carbocycles. The molecule has 1 saturated heterocycles. The van der Waals surface area contributed by atoms with Crippen LogP contribution in [0.25, 0.3) is 0 Å². The fourth-order valence-corrected chi connectivity index (χ4v) is 3.30. The number of nitrogens with zero attached hydrogens (tertiary/aromatic N) is 4. The van der Waals surface area contributed by atoms with Crippen LogP contribution >= 0.6 is 0 Å². The Morgan fingerprint density at radius 2 is 2.17 bits per heavy atom. The molecule has 0 saturated carbocycles. The highest BCUT2D eigenvalue weighted by molar-refractivity contribution is 5.92. The van der Waals surface area contributed by atoms with E-state index in [2.05, 4.69) is 15.3 Å². The number of aromatic nitrogens is 3. The van der Waals surface area contributed by atoms with Crippen LogP contribution in [-0.2, 0) is 13.5 Å². The molecule has 1 aliphatic heterocycles. The largest absolute Gasteiger partial charge is 0.372 e. The van der Waals surface area contributed by atoms with Crippen molar-refractivity contribution in [3.8, 4) is 0 Å². The standard InChI is InChI=1S/C18H25N5O/c1-19-17-13-20-15(12-21-17)11-14-5-3-9-23(10-7-14)18(24)16-6-4-8-22(16)2/h4,6,8,12-14H,3,5,7,9-11H2,1-2H3,(H,19,21). The van der Waals surface area contributed by atoms with Crippen LogP contribution in [0, 0.1) is 5.92 Å². The molecule has 24 heavy (non-hydrogen) atoms. The molecule has 1 atom stereocenters. The molecule has 1 unspecified atom stereocenters. The van der Waals surface area contributed by atoms with Crippen molar-refractivity contribution in [1.82, 2.24) is 19.4 Å². The van der Waals surface area contributed by atoms with Gasteiger partial charge in [0.1, 0.15) is 11.5 Å². The van der Waals surface area contributed by atoms with Crippen LogP contribution in [0.5, 0.6) is 0 Å². The molecular weight excluding hydrogens is 302 g/mol. The molecular formula is C18H25N5O. The molecule has 3 rings (SSSR count). The maximum absolute atomic E-state index is 12.6. The Morgan fingerprint density at radius 3 is 2.83 bits per heavy atom. The molecule has 1 amide bonds. The van der Waals surface area contributed by atoms with Crippen LogP contribution in [0.1, 0.15) is 35.4 Å². The van der Waals surface area contributed by atoms with Crippen molar-refractivity contribution < 1.29 is 4.79 Å². The van der Waals surface area contributed by atoms with Gasteiger partial charge in [-0.1, -0.05) is 0 Å². The van der Waals surface area contributed by atoms with Crippen LogP contribution in [0.15, 0.2) is 30.7 Å². The Hall–Kier alpha value is -2.37. The number of hydrogen-bond acceptors (Lipinski definition) is 4. The SMILES string of the molecule is CNc1cnc(CC2CCCN(C(=O)c3cccn3C)CC2)cn1. The minimum absolute atomic E-state index is 0.140. The number of nitrogens with one attached hydrogen (secondary N) is 1. The summed E-state index contributed by atoms with van der Waals surface area (Å²) in [6.07, 6.45) is 9.67. The summed E-state index contributed by atoms with van der Waals surface area (Å²) >= 11 is 0. The van der Waals surface area contributed by atoms with E-state index in [0.717, 1.165) is 56.0 Å². The molecule has 2 aromatic rings. The molecule has 1 N–H and O–H groups in total. The number of carbonyl (C=O) groups excluding carboxylic acids is 1. The third-order valence-corrected chi connectivity index (χ3v) is 4.76. The van der Waals surface area contributed by atoms with Gasteiger partial charge in [-0.15, -0.1) is 0 Å². The van der Waals surface area contributed by atoms with E-state index in [4.69, 9.17) is 0 Å². The molecule has 0 bridgehead atoms. The van der Waals surface area contributed by atoms with Gasteiger partial charge in [0.15, 0.2) is 0 Å². The van der Waals surface area contributed by atoms with E-state index in [1.807, 2.05) is 48.1 Å². The summed E-state index contributed by atoms with van der Waals surface area (Å²) in [7, 11) is 3.76.